The monoisotopic (exact) mass is 483 g/mol. The van der Waals surface area contributed by atoms with Crippen LogP contribution in [-0.4, -0.2) is 29.5 Å². The highest BCUT2D eigenvalue weighted by atomic mass is 35.5. The van der Waals surface area contributed by atoms with Gasteiger partial charge in [0.1, 0.15) is 21.9 Å². The highest BCUT2D eigenvalue weighted by molar-refractivity contribution is 7.89. The van der Waals surface area contributed by atoms with Gasteiger partial charge in [0.25, 0.3) is 0 Å². The van der Waals surface area contributed by atoms with Crippen LogP contribution in [0.5, 0.6) is 0 Å². The number of aryl methyl sites for hydroxylation is 1. The zero-order valence-corrected chi connectivity index (χ0v) is 18.7. The maximum Gasteiger partial charge on any atom is 0.434 e. The molecule has 10 nitrogen and oxygen atoms in total. The van der Waals surface area contributed by atoms with Crippen molar-refractivity contribution in [3.05, 3.63) is 74.1 Å². The van der Waals surface area contributed by atoms with Gasteiger partial charge >= 0.3 is 5.76 Å². The van der Waals surface area contributed by atoms with Crippen LogP contribution in [-0.2, 0) is 10.0 Å². The quantitative estimate of drug-likeness (QED) is 0.433. The number of carbonyl (C=O) groups excluding carboxylic acids is 1. The number of rotatable bonds is 7. The fraction of sp³-hybridized carbons (Fsp3) is 0.263. The third-order valence-corrected chi connectivity index (χ3v) is 6.75. The third kappa shape index (κ3) is 4.56. The Bertz CT molecular complexity index is 1350. The van der Waals surface area contributed by atoms with E-state index in [0.717, 1.165) is 17.8 Å². The number of aromatic nitrogens is 3. The molecule has 2 aromatic heterocycles. The van der Waals surface area contributed by atoms with Crippen LogP contribution in [0.1, 0.15) is 51.8 Å². The fourth-order valence-corrected chi connectivity index (χ4v) is 4.89. The highest BCUT2D eigenvalue weighted by Crippen LogP contribution is 2.35. The number of H-pyrrole nitrogens is 1. The topological polar surface area (TPSA) is 161 Å². The number of halogens is 2. The van der Waals surface area contributed by atoms with Gasteiger partial charge in [-0.05, 0) is 42.7 Å². The number of nitrogens with two attached hydrogens (primary N) is 1. The summed E-state index contributed by atoms with van der Waals surface area (Å²) < 4.78 is 48.4. The average molecular weight is 484 g/mol. The van der Waals surface area contributed by atoms with Crippen LogP contribution >= 0.6 is 11.6 Å². The van der Waals surface area contributed by atoms with E-state index in [-0.39, 0.29) is 16.6 Å². The molecule has 0 spiro atoms. The van der Waals surface area contributed by atoms with Crippen molar-refractivity contribution in [3.8, 4) is 0 Å². The molecule has 0 bridgehead atoms. The van der Waals surface area contributed by atoms with Crippen LogP contribution in [0.2, 0.25) is 5.15 Å². The summed E-state index contributed by atoms with van der Waals surface area (Å²) in [7, 11) is -4.49. The molecule has 0 saturated carbocycles. The Hall–Kier alpha value is -3.09. The molecule has 0 fully saturated rings. The molecule has 0 saturated heterocycles. The number of primary amides is 1. The number of sulfonamides is 1. The lowest BCUT2D eigenvalue weighted by molar-refractivity contribution is 0.0997. The molecule has 2 unspecified atom stereocenters. The summed E-state index contributed by atoms with van der Waals surface area (Å²) >= 11 is 5.76. The molecular formula is C19H19ClFN5O5S. The summed E-state index contributed by atoms with van der Waals surface area (Å²) in [4.78, 5) is 26.5. The van der Waals surface area contributed by atoms with E-state index in [1.54, 1.807) is 26.8 Å². The van der Waals surface area contributed by atoms with Crippen molar-refractivity contribution in [1.29, 1.82) is 0 Å². The minimum atomic E-state index is -4.49. The number of nitrogens with one attached hydrogen (secondary N) is 2. The summed E-state index contributed by atoms with van der Waals surface area (Å²) in [5.74, 6) is -3.76. The zero-order chi connectivity index (χ0) is 23.8. The molecule has 0 aliphatic heterocycles. The zero-order valence-electron chi connectivity index (χ0n) is 17.1. The Morgan fingerprint density at radius 3 is 2.62 bits per heavy atom. The van der Waals surface area contributed by atoms with E-state index in [4.69, 9.17) is 21.8 Å². The lowest BCUT2D eigenvalue weighted by Crippen LogP contribution is -2.34. The van der Waals surface area contributed by atoms with Gasteiger partial charge in [0.05, 0.1) is 5.56 Å². The van der Waals surface area contributed by atoms with E-state index < -0.39 is 49.9 Å². The molecule has 3 rings (SSSR count). The van der Waals surface area contributed by atoms with Crippen LogP contribution in [0, 0.1) is 19.7 Å². The van der Waals surface area contributed by atoms with Gasteiger partial charge in [-0.25, -0.2) is 27.7 Å². The number of nitrogens with zero attached hydrogens (tertiary/aromatic N) is 2. The first-order valence-corrected chi connectivity index (χ1v) is 11.1. The van der Waals surface area contributed by atoms with Gasteiger partial charge in [-0.15, -0.1) is 5.10 Å². The largest absolute Gasteiger partial charge is 0.434 e. The van der Waals surface area contributed by atoms with E-state index in [0.29, 0.717) is 5.56 Å². The molecule has 4 N–H and O–H groups in total. The first-order valence-electron chi connectivity index (χ1n) is 9.21. The number of aromatic amines is 1. The van der Waals surface area contributed by atoms with E-state index in [1.165, 1.54) is 6.07 Å². The molecule has 170 valence electrons. The Balaban J connectivity index is 2.14. The van der Waals surface area contributed by atoms with Crippen molar-refractivity contribution in [2.45, 2.75) is 37.6 Å². The molecule has 32 heavy (non-hydrogen) atoms. The van der Waals surface area contributed by atoms with Gasteiger partial charge in [0.15, 0.2) is 0 Å². The molecule has 0 aliphatic rings. The number of hydrogen-bond donors (Lipinski definition) is 3. The predicted octanol–water partition coefficient (Wildman–Crippen LogP) is 2.09. The second kappa shape index (κ2) is 8.81. The van der Waals surface area contributed by atoms with Gasteiger partial charge < -0.3 is 10.2 Å². The van der Waals surface area contributed by atoms with Crippen molar-refractivity contribution in [2.75, 3.05) is 0 Å². The number of amides is 1. The van der Waals surface area contributed by atoms with Crippen molar-refractivity contribution in [3.63, 3.8) is 0 Å². The van der Waals surface area contributed by atoms with Crippen LogP contribution < -0.4 is 16.2 Å². The fourth-order valence-electron chi connectivity index (χ4n) is 3.33. The van der Waals surface area contributed by atoms with E-state index >= 15 is 0 Å². The minimum absolute atomic E-state index is 0.140. The predicted molar refractivity (Wildman–Crippen MR) is 112 cm³/mol. The van der Waals surface area contributed by atoms with Crippen molar-refractivity contribution < 1.29 is 22.0 Å². The Labute approximate surface area is 187 Å². The van der Waals surface area contributed by atoms with E-state index in [2.05, 4.69) is 19.9 Å². The van der Waals surface area contributed by atoms with Gasteiger partial charge in [0.2, 0.25) is 21.8 Å². The second-order valence-electron chi connectivity index (χ2n) is 7.11. The van der Waals surface area contributed by atoms with Gasteiger partial charge in [-0.1, -0.05) is 24.6 Å². The van der Waals surface area contributed by atoms with Crippen molar-refractivity contribution in [2.24, 2.45) is 5.73 Å². The van der Waals surface area contributed by atoms with Crippen molar-refractivity contribution >= 4 is 27.5 Å². The lowest BCUT2D eigenvalue weighted by atomic mass is 9.88. The number of hydrogen-bond acceptors (Lipinski definition) is 7. The maximum atomic E-state index is 14.7. The molecule has 0 radical (unpaired) electrons. The van der Waals surface area contributed by atoms with Crippen LogP contribution in [0.15, 0.2) is 38.5 Å². The maximum absolute atomic E-state index is 14.7. The summed E-state index contributed by atoms with van der Waals surface area (Å²) in [6, 6.07) is 2.53. The van der Waals surface area contributed by atoms with Crippen LogP contribution in [0.3, 0.4) is 0 Å². The molecule has 2 heterocycles. The van der Waals surface area contributed by atoms with Gasteiger partial charge in [-0.2, -0.15) is 4.72 Å². The SMILES string of the molecule is Cc1ccc(F)c(C(C)C(NS(=O)(=O)c2cnc(Cl)cc2C(N)=O)c2n[nH]c(=O)o2)c1C. The van der Waals surface area contributed by atoms with Crippen LogP contribution in [0.25, 0.3) is 0 Å². The summed E-state index contributed by atoms with van der Waals surface area (Å²) in [6.07, 6.45) is 0.867. The highest BCUT2D eigenvalue weighted by Gasteiger charge is 2.34. The summed E-state index contributed by atoms with van der Waals surface area (Å²) in [6.45, 7) is 5.00. The summed E-state index contributed by atoms with van der Waals surface area (Å²) in [5, 5.41) is 5.63. The Kier molecular flexibility index (Phi) is 6.49. The molecule has 1 aromatic carbocycles. The summed E-state index contributed by atoms with van der Waals surface area (Å²) in [5.41, 5.74) is 6.45. The smallest absolute Gasteiger partial charge is 0.391 e. The molecule has 13 heteroatoms. The first kappa shape index (κ1) is 23.6. The molecule has 1 amide bonds. The number of pyridine rings is 1. The van der Waals surface area contributed by atoms with Gasteiger partial charge in [-0.3, -0.25) is 4.79 Å². The average Bonchev–Trinajstić information content (AvgIpc) is 3.15. The normalized spacial score (nSPS) is 13.7. The van der Waals surface area contributed by atoms with E-state index in [1.807, 2.05) is 0 Å². The Morgan fingerprint density at radius 1 is 1.34 bits per heavy atom. The number of carbonyl (C=O) groups is 1. The van der Waals surface area contributed by atoms with Gasteiger partial charge in [0, 0.05) is 12.1 Å². The third-order valence-electron chi connectivity index (χ3n) is 5.08. The van der Waals surface area contributed by atoms with E-state index in [9.17, 15) is 22.4 Å². The molecular weight excluding hydrogens is 465 g/mol. The molecule has 3 aromatic rings. The van der Waals surface area contributed by atoms with Crippen molar-refractivity contribution in [1.82, 2.24) is 19.9 Å². The molecule has 0 aliphatic carbocycles. The molecule has 2 atom stereocenters. The van der Waals surface area contributed by atoms with Crippen LogP contribution in [0.4, 0.5) is 4.39 Å². The standard InChI is InChI=1S/C19H19ClFN5O5S/c1-8-4-5-12(21)15(9(8)2)10(3)16(18-24-25-19(28)31-18)26-32(29,30)13-7-23-14(20)6-11(13)17(22)27/h4-7,10,16,26H,1-3H3,(H2,22,27)(H,25,28). The number of benzene rings is 1. The first-order chi connectivity index (χ1) is 14.9. The second-order valence-corrected chi connectivity index (χ2v) is 9.18. The Morgan fingerprint density at radius 2 is 2.03 bits per heavy atom. The minimum Gasteiger partial charge on any atom is -0.391 e. The lowest BCUT2D eigenvalue weighted by Gasteiger charge is -2.25.